The molecular weight excluding hydrogens is 234 g/mol. The van der Waals surface area contributed by atoms with E-state index < -0.39 is 0 Å². The second-order valence-electron chi connectivity index (χ2n) is 4.77. The van der Waals surface area contributed by atoms with Crippen LogP contribution in [0.3, 0.4) is 0 Å². The molecule has 1 N–H and O–H groups in total. The first-order valence-electron chi connectivity index (χ1n) is 6.42. The fraction of sp³-hybridized carbons (Fsp3) is 0.0588. The Morgan fingerprint density at radius 3 is 2.63 bits per heavy atom. The van der Waals surface area contributed by atoms with E-state index in [0.29, 0.717) is 0 Å². The second-order valence-corrected chi connectivity index (χ2v) is 4.77. The van der Waals surface area contributed by atoms with Crippen molar-refractivity contribution in [2.24, 2.45) is 0 Å². The number of furan rings is 1. The van der Waals surface area contributed by atoms with Gasteiger partial charge in [-0.1, -0.05) is 36.4 Å². The first-order chi connectivity index (χ1) is 9.42. The van der Waals surface area contributed by atoms with Gasteiger partial charge in [0.05, 0.1) is 6.26 Å². The van der Waals surface area contributed by atoms with E-state index in [4.69, 9.17) is 4.42 Å². The number of benzene rings is 2. The van der Waals surface area contributed by atoms with Gasteiger partial charge >= 0.3 is 0 Å². The van der Waals surface area contributed by atoms with E-state index in [1.54, 1.807) is 6.26 Å². The molecule has 0 atom stereocenters. The first kappa shape index (κ1) is 10.4. The Balaban J connectivity index is 1.81. The minimum absolute atomic E-state index is 0.782. The third-order valence-corrected chi connectivity index (χ3v) is 3.63. The summed E-state index contributed by atoms with van der Waals surface area (Å²) in [4.78, 5) is 0. The molecule has 0 saturated carbocycles. The predicted molar refractivity (Wildman–Crippen MR) is 76.7 cm³/mol. The van der Waals surface area contributed by atoms with Crippen molar-refractivity contribution in [3.63, 3.8) is 0 Å². The van der Waals surface area contributed by atoms with Gasteiger partial charge in [-0.2, -0.15) is 0 Å². The molecule has 1 aromatic heterocycles. The molecule has 0 radical (unpaired) electrons. The number of hydrogen-bond acceptors (Lipinski definition) is 2. The fourth-order valence-electron chi connectivity index (χ4n) is 2.76. The highest BCUT2D eigenvalue weighted by Crippen LogP contribution is 2.40. The van der Waals surface area contributed by atoms with Gasteiger partial charge < -0.3 is 9.73 Å². The molecule has 19 heavy (non-hydrogen) atoms. The van der Waals surface area contributed by atoms with Gasteiger partial charge in [-0.3, -0.25) is 0 Å². The summed E-state index contributed by atoms with van der Waals surface area (Å²) in [5.74, 6) is 0.782. The minimum Gasteiger partial charge on any atom is -0.449 e. The first-order valence-corrected chi connectivity index (χ1v) is 6.42. The van der Waals surface area contributed by atoms with Crippen molar-refractivity contribution < 1.29 is 4.42 Å². The zero-order valence-corrected chi connectivity index (χ0v) is 10.4. The number of fused-ring (bicyclic) bond motifs is 3. The Labute approximate surface area is 111 Å². The lowest BCUT2D eigenvalue weighted by Gasteiger charge is -2.09. The maximum absolute atomic E-state index is 5.36. The maximum atomic E-state index is 5.36. The summed E-state index contributed by atoms with van der Waals surface area (Å²) in [6.07, 6.45) is 2.66. The summed E-state index contributed by atoms with van der Waals surface area (Å²) in [5.41, 5.74) is 6.54. The molecule has 0 bridgehead atoms. The van der Waals surface area contributed by atoms with E-state index >= 15 is 0 Å². The van der Waals surface area contributed by atoms with Gasteiger partial charge in [-0.15, -0.1) is 0 Å². The molecule has 0 amide bonds. The molecule has 92 valence electrons. The van der Waals surface area contributed by atoms with Gasteiger partial charge in [-0.25, -0.2) is 0 Å². The average molecular weight is 247 g/mol. The van der Waals surface area contributed by atoms with Crippen molar-refractivity contribution in [1.29, 1.82) is 0 Å². The van der Waals surface area contributed by atoms with Crippen LogP contribution in [0.2, 0.25) is 0 Å². The van der Waals surface area contributed by atoms with Crippen LogP contribution in [0, 0.1) is 0 Å². The van der Waals surface area contributed by atoms with Crippen LogP contribution in [0.25, 0.3) is 11.1 Å². The molecule has 2 aromatic carbocycles. The highest BCUT2D eigenvalue weighted by Gasteiger charge is 2.20. The molecule has 0 fully saturated rings. The summed E-state index contributed by atoms with van der Waals surface area (Å²) >= 11 is 0. The lowest BCUT2D eigenvalue weighted by atomic mass is 10.1. The molecule has 1 aliphatic carbocycles. The normalized spacial score (nSPS) is 12.0. The second kappa shape index (κ2) is 4.02. The number of anilines is 2. The zero-order chi connectivity index (χ0) is 12.7. The van der Waals surface area contributed by atoms with Crippen LogP contribution in [0.5, 0.6) is 0 Å². The average Bonchev–Trinajstić information content (AvgIpc) is 3.06. The largest absolute Gasteiger partial charge is 0.449 e. The molecule has 0 unspecified atom stereocenters. The Kier molecular flexibility index (Phi) is 2.21. The molecule has 1 aliphatic rings. The fourth-order valence-corrected chi connectivity index (χ4v) is 2.76. The Morgan fingerprint density at radius 1 is 0.842 bits per heavy atom. The molecule has 0 aliphatic heterocycles. The van der Waals surface area contributed by atoms with Gasteiger partial charge in [0.25, 0.3) is 0 Å². The van der Waals surface area contributed by atoms with E-state index in [9.17, 15) is 0 Å². The Morgan fingerprint density at radius 2 is 1.74 bits per heavy atom. The predicted octanol–water partition coefficient (Wildman–Crippen LogP) is 4.59. The van der Waals surface area contributed by atoms with Gasteiger partial charge in [0.15, 0.2) is 5.88 Å². The van der Waals surface area contributed by atoms with Crippen molar-refractivity contribution in [3.8, 4) is 11.1 Å². The molecule has 0 spiro atoms. The van der Waals surface area contributed by atoms with Gasteiger partial charge in [0.2, 0.25) is 0 Å². The van der Waals surface area contributed by atoms with Gasteiger partial charge in [-0.05, 0) is 34.4 Å². The molecule has 2 heteroatoms. The standard InChI is InChI=1S/C17H13NO/c1-2-6-13-12(5-1)11-15-14(13)7-3-8-16(15)18-17-9-4-10-19-17/h1-10,18H,11H2. The van der Waals surface area contributed by atoms with Crippen LogP contribution >= 0.6 is 0 Å². The van der Waals surface area contributed by atoms with E-state index in [0.717, 1.165) is 18.0 Å². The van der Waals surface area contributed by atoms with Crippen LogP contribution in [0.15, 0.2) is 65.3 Å². The van der Waals surface area contributed by atoms with Crippen molar-refractivity contribution >= 4 is 11.6 Å². The van der Waals surface area contributed by atoms with E-state index in [1.807, 2.05) is 12.1 Å². The molecule has 0 saturated heterocycles. The van der Waals surface area contributed by atoms with Crippen molar-refractivity contribution in [2.75, 3.05) is 5.32 Å². The quantitative estimate of drug-likeness (QED) is 0.560. The Bertz CT molecular complexity index is 729. The minimum atomic E-state index is 0.782. The van der Waals surface area contributed by atoms with Gasteiger partial charge in [0.1, 0.15) is 0 Å². The third kappa shape index (κ3) is 1.65. The summed E-state index contributed by atoms with van der Waals surface area (Å²) in [6, 6.07) is 18.8. The van der Waals surface area contributed by atoms with Crippen molar-refractivity contribution in [3.05, 3.63) is 72.0 Å². The third-order valence-electron chi connectivity index (χ3n) is 3.63. The highest BCUT2D eigenvalue weighted by atomic mass is 16.3. The van der Waals surface area contributed by atoms with Crippen LogP contribution in [0.1, 0.15) is 11.1 Å². The van der Waals surface area contributed by atoms with Crippen LogP contribution < -0.4 is 5.32 Å². The van der Waals surface area contributed by atoms with Gasteiger partial charge in [0, 0.05) is 18.2 Å². The smallest absolute Gasteiger partial charge is 0.197 e. The van der Waals surface area contributed by atoms with E-state index in [1.165, 1.54) is 22.3 Å². The molecule has 3 aromatic rings. The number of rotatable bonds is 2. The topological polar surface area (TPSA) is 25.2 Å². The molecule has 2 nitrogen and oxygen atoms in total. The van der Waals surface area contributed by atoms with Crippen LogP contribution in [-0.2, 0) is 6.42 Å². The lowest BCUT2D eigenvalue weighted by molar-refractivity contribution is 0.585. The highest BCUT2D eigenvalue weighted by molar-refractivity contribution is 5.82. The molecular formula is C17H13NO. The molecule has 1 heterocycles. The number of nitrogens with one attached hydrogen (secondary N) is 1. The van der Waals surface area contributed by atoms with E-state index in [2.05, 4.69) is 47.8 Å². The number of hydrogen-bond donors (Lipinski definition) is 1. The molecule has 4 rings (SSSR count). The van der Waals surface area contributed by atoms with Crippen LogP contribution in [-0.4, -0.2) is 0 Å². The SMILES string of the molecule is c1coc(Nc2cccc3c2Cc2ccccc2-3)c1. The lowest BCUT2D eigenvalue weighted by Crippen LogP contribution is -1.93. The summed E-state index contributed by atoms with van der Waals surface area (Å²) in [6.45, 7) is 0. The summed E-state index contributed by atoms with van der Waals surface area (Å²) < 4.78 is 5.36. The van der Waals surface area contributed by atoms with Crippen molar-refractivity contribution in [2.45, 2.75) is 6.42 Å². The monoisotopic (exact) mass is 247 g/mol. The summed E-state index contributed by atoms with van der Waals surface area (Å²) in [5, 5.41) is 3.35. The van der Waals surface area contributed by atoms with Crippen LogP contribution in [0.4, 0.5) is 11.6 Å². The Hall–Kier alpha value is -2.48. The van der Waals surface area contributed by atoms with Crippen molar-refractivity contribution in [1.82, 2.24) is 0 Å². The summed E-state index contributed by atoms with van der Waals surface area (Å²) in [7, 11) is 0. The maximum Gasteiger partial charge on any atom is 0.197 e. The zero-order valence-electron chi connectivity index (χ0n) is 10.4. The van der Waals surface area contributed by atoms with E-state index in [-0.39, 0.29) is 0 Å².